The van der Waals surface area contributed by atoms with Crippen LogP contribution in [-0.2, 0) is 24.2 Å². The van der Waals surface area contributed by atoms with Crippen LogP contribution < -0.4 is 5.32 Å². The number of nitrogens with one attached hydrogen (secondary N) is 1. The molecule has 2 rings (SSSR count). The van der Waals surface area contributed by atoms with E-state index in [1.807, 2.05) is 13.0 Å². The van der Waals surface area contributed by atoms with E-state index in [1.54, 1.807) is 12.1 Å². The zero-order chi connectivity index (χ0) is 20.0. The molecular formula is C19H18ClNO5S. The number of halogens is 1. The summed E-state index contributed by atoms with van der Waals surface area (Å²) in [4.78, 5) is 23.6. The molecule has 0 heterocycles. The van der Waals surface area contributed by atoms with Gasteiger partial charge in [-0.05, 0) is 48.4 Å². The first-order valence-electron chi connectivity index (χ1n) is 7.86. The standard InChI is InChI=1S/C19H18ClNO5S/c1-13-6-7-14(10-17(13)20)8-9-19(23)26-12-18(22)21-15-4-3-5-16(11-15)27(2,24)25/h3-11H,12H2,1-2H3,(H,21,22)/b9-8+. The molecule has 27 heavy (non-hydrogen) atoms. The molecule has 0 aliphatic heterocycles. The Kier molecular flexibility index (Phi) is 6.76. The molecule has 0 spiro atoms. The van der Waals surface area contributed by atoms with Crippen molar-refractivity contribution in [1.82, 2.24) is 0 Å². The number of anilines is 1. The van der Waals surface area contributed by atoms with Crippen molar-refractivity contribution in [1.29, 1.82) is 0 Å². The third kappa shape index (κ3) is 6.54. The smallest absolute Gasteiger partial charge is 0.331 e. The van der Waals surface area contributed by atoms with Crippen molar-refractivity contribution in [2.24, 2.45) is 0 Å². The summed E-state index contributed by atoms with van der Waals surface area (Å²) < 4.78 is 27.9. The monoisotopic (exact) mass is 407 g/mol. The van der Waals surface area contributed by atoms with E-state index in [-0.39, 0.29) is 4.90 Å². The molecule has 1 amide bonds. The Morgan fingerprint density at radius 3 is 2.59 bits per heavy atom. The van der Waals surface area contributed by atoms with Crippen molar-refractivity contribution < 1.29 is 22.7 Å². The van der Waals surface area contributed by atoms with Gasteiger partial charge in [0.25, 0.3) is 5.91 Å². The summed E-state index contributed by atoms with van der Waals surface area (Å²) in [6, 6.07) is 11.1. The summed E-state index contributed by atoms with van der Waals surface area (Å²) in [5.41, 5.74) is 1.95. The van der Waals surface area contributed by atoms with Gasteiger partial charge in [0.05, 0.1) is 4.90 Å². The van der Waals surface area contributed by atoms with Gasteiger partial charge in [-0.25, -0.2) is 13.2 Å². The number of amides is 1. The van der Waals surface area contributed by atoms with Crippen LogP contribution in [0.15, 0.2) is 53.4 Å². The largest absolute Gasteiger partial charge is 0.452 e. The summed E-state index contributed by atoms with van der Waals surface area (Å²) >= 11 is 6.01. The first-order chi connectivity index (χ1) is 12.6. The van der Waals surface area contributed by atoms with Crippen molar-refractivity contribution in [2.45, 2.75) is 11.8 Å². The first kappa shape index (κ1) is 20.7. The third-order valence-corrected chi connectivity index (χ3v) is 5.02. The van der Waals surface area contributed by atoms with Gasteiger partial charge in [-0.1, -0.05) is 29.8 Å². The van der Waals surface area contributed by atoms with Crippen LogP contribution in [0.5, 0.6) is 0 Å². The van der Waals surface area contributed by atoms with Crippen molar-refractivity contribution in [3.8, 4) is 0 Å². The fraction of sp³-hybridized carbons (Fsp3) is 0.158. The van der Waals surface area contributed by atoms with Gasteiger partial charge in [0.2, 0.25) is 0 Å². The Morgan fingerprint density at radius 2 is 1.93 bits per heavy atom. The van der Waals surface area contributed by atoms with E-state index in [0.29, 0.717) is 10.7 Å². The molecule has 1 N–H and O–H groups in total. The number of esters is 1. The Labute approximate surface area is 162 Å². The summed E-state index contributed by atoms with van der Waals surface area (Å²) in [5.74, 6) is -1.27. The lowest BCUT2D eigenvalue weighted by molar-refractivity contribution is -0.142. The van der Waals surface area contributed by atoms with Crippen LogP contribution in [0, 0.1) is 6.92 Å². The molecule has 0 aliphatic carbocycles. The minimum atomic E-state index is -3.38. The molecule has 6 nitrogen and oxygen atoms in total. The van der Waals surface area contributed by atoms with Crippen LogP contribution in [0.25, 0.3) is 6.08 Å². The van der Waals surface area contributed by atoms with Gasteiger partial charge in [-0.2, -0.15) is 0 Å². The number of aryl methyl sites for hydroxylation is 1. The minimum Gasteiger partial charge on any atom is -0.452 e. The second kappa shape index (κ2) is 8.83. The number of sulfone groups is 1. The van der Waals surface area contributed by atoms with Crippen LogP contribution in [0.2, 0.25) is 5.02 Å². The number of rotatable bonds is 6. The zero-order valence-electron chi connectivity index (χ0n) is 14.7. The van der Waals surface area contributed by atoms with E-state index < -0.39 is 28.3 Å². The normalized spacial score (nSPS) is 11.4. The molecule has 0 atom stereocenters. The van der Waals surface area contributed by atoms with Gasteiger partial charge in [0.15, 0.2) is 16.4 Å². The molecule has 2 aromatic carbocycles. The van der Waals surface area contributed by atoms with Gasteiger partial charge in [0, 0.05) is 23.0 Å². The Morgan fingerprint density at radius 1 is 1.19 bits per heavy atom. The SMILES string of the molecule is Cc1ccc(/C=C/C(=O)OCC(=O)Nc2cccc(S(C)(=O)=O)c2)cc1Cl. The first-order valence-corrected chi connectivity index (χ1v) is 10.1. The highest BCUT2D eigenvalue weighted by Gasteiger charge is 2.10. The molecule has 0 radical (unpaired) electrons. The molecule has 0 saturated carbocycles. The maximum atomic E-state index is 11.9. The van der Waals surface area contributed by atoms with E-state index in [4.69, 9.17) is 16.3 Å². The van der Waals surface area contributed by atoms with E-state index in [1.165, 1.54) is 36.4 Å². The van der Waals surface area contributed by atoms with Crippen molar-refractivity contribution in [2.75, 3.05) is 18.2 Å². The maximum absolute atomic E-state index is 11.9. The fourth-order valence-corrected chi connectivity index (χ4v) is 2.92. The molecule has 8 heteroatoms. The number of carbonyl (C=O) groups excluding carboxylic acids is 2. The van der Waals surface area contributed by atoms with Crippen LogP contribution in [0.3, 0.4) is 0 Å². The summed E-state index contributed by atoms with van der Waals surface area (Å²) in [5, 5.41) is 3.06. The molecule has 0 unspecified atom stereocenters. The number of ether oxygens (including phenoxy) is 1. The highest BCUT2D eigenvalue weighted by Crippen LogP contribution is 2.17. The van der Waals surface area contributed by atoms with E-state index in [0.717, 1.165) is 17.4 Å². The third-order valence-electron chi connectivity index (χ3n) is 3.50. The number of hydrogen-bond acceptors (Lipinski definition) is 5. The molecular weight excluding hydrogens is 390 g/mol. The fourth-order valence-electron chi connectivity index (χ4n) is 2.06. The average Bonchev–Trinajstić information content (AvgIpc) is 2.60. The quantitative estimate of drug-likeness (QED) is 0.586. The second-order valence-corrected chi connectivity index (χ2v) is 8.22. The van der Waals surface area contributed by atoms with Crippen LogP contribution in [0.4, 0.5) is 5.69 Å². The van der Waals surface area contributed by atoms with E-state index in [2.05, 4.69) is 5.32 Å². The summed E-state index contributed by atoms with van der Waals surface area (Å²) in [6.45, 7) is 1.37. The average molecular weight is 408 g/mol. The second-order valence-electron chi connectivity index (χ2n) is 5.80. The van der Waals surface area contributed by atoms with Gasteiger partial charge < -0.3 is 10.1 Å². The molecule has 0 aromatic heterocycles. The Bertz CT molecular complexity index is 999. The lowest BCUT2D eigenvalue weighted by atomic mass is 10.1. The molecule has 142 valence electrons. The maximum Gasteiger partial charge on any atom is 0.331 e. The molecule has 0 bridgehead atoms. The summed E-state index contributed by atoms with van der Waals surface area (Å²) in [7, 11) is -3.38. The number of benzene rings is 2. The predicted octanol–water partition coefficient (Wildman–Crippen LogP) is 3.25. The number of carbonyl (C=O) groups is 2. The van der Waals surface area contributed by atoms with Crippen molar-refractivity contribution >= 4 is 45.1 Å². The topological polar surface area (TPSA) is 89.5 Å². The van der Waals surface area contributed by atoms with Crippen molar-refractivity contribution in [3.05, 3.63) is 64.7 Å². The molecule has 0 fully saturated rings. The highest BCUT2D eigenvalue weighted by atomic mass is 35.5. The van der Waals surface area contributed by atoms with Gasteiger partial charge >= 0.3 is 5.97 Å². The van der Waals surface area contributed by atoms with Crippen molar-refractivity contribution in [3.63, 3.8) is 0 Å². The van der Waals surface area contributed by atoms with Gasteiger partial charge in [0.1, 0.15) is 0 Å². The van der Waals surface area contributed by atoms with E-state index in [9.17, 15) is 18.0 Å². The molecule has 0 saturated heterocycles. The summed E-state index contributed by atoms with van der Waals surface area (Å²) in [6.07, 6.45) is 3.79. The minimum absolute atomic E-state index is 0.0805. The predicted molar refractivity (Wildman–Crippen MR) is 104 cm³/mol. The zero-order valence-corrected chi connectivity index (χ0v) is 16.3. The molecule has 2 aromatic rings. The lowest BCUT2D eigenvalue weighted by Gasteiger charge is -2.07. The lowest BCUT2D eigenvalue weighted by Crippen LogP contribution is -2.20. The highest BCUT2D eigenvalue weighted by molar-refractivity contribution is 7.90. The van der Waals surface area contributed by atoms with E-state index >= 15 is 0 Å². The Hall–Kier alpha value is -2.64. The Balaban J connectivity index is 1.89. The van der Waals surface area contributed by atoms with Crippen LogP contribution >= 0.6 is 11.6 Å². The molecule has 0 aliphatic rings. The van der Waals surface area contributed by atoms with Crippen LogP contribution in [0.1, 0.15) is 11.1 Å². The number of hydrogen-bond donors (Lipinski definition) is 1. The van der Waals surface area contributed by atoms with Crippen LogP contribution in [-0.4, -0.2) is 33.2 Å². The van der Waals surface area contributed by atoms with Gasteiger partial charge in [-0.3, -0.25) is 4.79 Å². The van der Waals surface area contributed by atoms with Gasteiger partial charge in [-0.15, -0.1) is 0 Å².